The molecule has 0 spiro atoms. The largest absolute Gasteiger partial charge is 0.389 e. The maximum Gasteiger partial charge on any atom is 0.254 e. The van der Waals surface area contributed by atoms with E-state index in [9.17, 15) is 9.90 Å². The number of pyridine rings is 1. The van der Waals surface area contributed by atoms with E-state index in [1.807, 2.05) is 17.9 Å². The third-order valence-electron chi connectivity index (χ3n) is 5.62. The second kappa shape index (κ2) is 5.78. The number of aromatic nitrogens is 1. The van der Waals surface area contributed by atoms with Crippen LogP contribution in [0, 0.1) is 5.41 Å². The fraction of sp³-hybridized carbons (Fsp3) is 0.667. The van der Waals surface area contributed by atoms with E-state index in [0.29, 0.717) is 12.0 Å². The maximum atomic E-state index is 12.6. The Morgan fingerprint density at radius 3 is 2.57 bits per heavy atom. The van der Waals surface area contributed by atoms with E-state index >= 15 is 0 Å². The Labute approximate surface area is 138 Å². The van der Waals surface area contributed by atoms with Crippen LogP contribution in [0.15, 0.2) is 18.3 Å². The van der Waals surface area contributed by atoms with Gasteiger partial charge in [0.15, 0.2) is 0 Å². The molecule has 1 aromatic heterocycles. The number of nitrogens with zero attached hydrogens (tertiary/aromatic N) is 3. The average Bonchev–Trinajstić information content (AvgIpc) is 3.04. The first-order chi connectivity index (χ1) is 10.8. The van der Waals surface area contributed by atoms with Gasteiger partial charge in [-0.25, -0.2) is 4.98 Å². The van der Waals surface area contributed by atoms with Gasteiger partial charge in [-0.1, -0.05) is 13.8 Å². The molecule has 0 radical (unpaired) electrons. The average molecular weight is 317 g/mol. The zero-order valence-corrected chi connectivity index (χ0v) is 14.4. The van der Waals surface area contributed by atoms with Crippen molar-refractivity contribution in [2.45, 2.75) is 45.6 Å². The van der Waals surface area contributed by atoms with E-state index < -0.39 is 5.60 Å². The fourth-order valence-corrected chi connectivity index (χ4v) is 3.44. The zero-order chi connectivity index (χ0) is 16.7. The predicted octanol–water partition coefficient (Wildman–Crippen LogP) is 2.30. The van der Waals surface area contributed by atoms with Crippen LogP contribution in [0.2, 0.25) is 0 Å². The van der Waals surface area contributed by atoms with E-state index in [1.54, 1.807) is 12.3 Å². The Hall–Kier alpha value is -1.62. The fourth-order valence-electron chi connectivity index (χ4n) is 3.44. The Bertz CT molecular complexity index is 592. The molecule has 1 amide bonds. The monoisotopic (exact) mass is 317 g/mol. The highest BCUT2D eigenvalue weighted by atomic mass is 16.3. The quantitative estimate of drug-likeness (QED) is 0.909. The summed E-state index contributed by atoms with van der Waals surface area (Å²) in [7, 11) is 0. The highest BCUT2D eigenvalue weighted by molar-refractivity contribution is 5.95. The summed E-state index contributed by atoms with van der Waals surface area (Å²) in [6.07, 6.45) is 4.61. The molecule has 1 unspecified atom stereocenters. The molecule has 1 atom stereocenters. The van der Waals surface area contributed by atoms with Crippen molar-refractivity contribution in [1.82, 2.24) is 9.88 Å². The molecular formula is C18H27N3O2. The first-order valence-electron chi connectivity index (χ1n) is 8.53. The van der Waals surface area contributed by atoms with E-state index in [2.05, 4.69) is 23.7 Å². The van der Waals surface area contributed by atoms with Crippen LogP contribution in [0.5, 0.6) is 0 Å². The molecule has 2 aliphatic heterocycles. The lowest BCUT2D eigenvalue weighted by Gasteiger charge is -2.49. The topological polar surface area (TPSA) is 56.7 Å². The minimum Gasteiger partial charge on any atom is -0.389 e. The molecule has 0 saturated carbocycles. The van der Waals surface area contributed by atoms with Crippen molar-refractivity contribution in [3.05, 3.63) is 23.9 Å². The van der Waals surface area contributed by atoms with Crippen molar-refractivity contribution in [1.29, 1.82) is 0 Å². The van der Waals surface area contributed by atoms with E-state index in [1.165, 1.54) is 0 Å². The standard InChI is InChI=1S/C18H27N3O2/c1-17(2)13-21(11-7-18(17,3)23)15-12-14(6-8-19-15)16(22)20-9-4-5-10-20/h6,8,12,23H,4-5,7,9-11,13H2,1-3H3. The Kier molecular flexibility index (Phi) is 4.08. The Morgan fingerprint density at radius 1 is 1.22 bits per heavy atom. The summed E-state index contributed by atoms with van der Waals surface area (Å²) < 4.78 is 0. The van der Waals surface area contributed by atoms with Gasteiger partial charge in [-0.05, 0) is 38.3 Å². The Balaban J connectivity index is 1.79. The number of carbonyl (C=O) groups excluding carboxylic acids is 1. The number of aliphatic hydroxyl groups is 1. The highest BCUT2D eigenvalue weighted by Crippen LogP contribution is 2.39. The van der Waals surface area contributed by atoms with Crippen LogP contribution in [0.3, 0.4) is 0 Å². The molecule has 0 bridgehead atoms. The van der Waals surface area contributed by atoms with Gasteiger partial charge in [0.2, 0.25) is 0 Å². The summed E-state index contributed by atoms with van der Waals surface area (Å²) in [6.45, 7) is 9.27. The van der Waals surface area contributed by atoms with Crippen LogP contribution in [0.1, 0.15) is 50.4 Å². The zero-order valence-electron chi connectivity index (χ0n) is 14.4. The SMILES string of the molecule is CC1(C)CN(c2cc(C(=O)N3CCCC3)ccn2)CCC1(C)O. The van der Waals surface area contributed by atoms with Crippen LogP contribution in [-0.2, 0) is 0 Å². The van der Waals surface area contributed by atoms with Crippen LogP contribution < -0.4 is 4.90 Å². The molecule has 5 heteroatoms. The molecule has 23 heavy (non-hydrogen) atoms. The van der Waals surface area contributed by atoms with Gasteiger partial charge in [0.05, 0.1) is 5.60 Å². The number of likely N-dealkylation sites (tertiary alicyclic amines) is 1. The number of carbonyl (C=O) groups is 1. The molecule has 2 saturated heterocycles. The van der Waals surface area contributed by atoms with E-state index in [0.717, 1.165) is 44.8 Å². The van der Waals surface area contributed by atoms with Crippen molar-refractivity contribution in [2.24, 2.45) is 5.41 Å². The molecule has 2 fully saturated rings. The number of piperidine rings is 1. The van der Waals surface area contributed by atoms with E-state index in [-0.39, 0.29) is 11.3 Å². The van der Waals surface area contributed by atoms with Gasteiger partial charge in [0.1, 0.15) is 5.82 Å². The molecule has 2 aliphatic rings. The Morgan fingerprint density at radius 2 is 1.91 bits per heavy atom. The van der Waals surface area contributed by atoms with E-state index in [4.69, 9.17) is 0 Å². The minimum atomic E-state index is -0.674. The van der Waals surface area contributed by atoms with Crippen molar-refractivity contribution in [3.8, 4) is 0 Å². The molecule has 1 aromatic rings. The van der Waals surface area contributed by atoms with Gasteiger partial charge in [0.25, 0.3) is 5.91 Å². The number of hydrogen-bond donors (Lipinski definition) is 1. The summed E-state index contributed by atoms with van der Waals surface area (Å²) in [5.74, 6) is 0.938. The molecule has 0 aromatic carbocycles. The van der Waals surface area contributed by atoms with Crippen molar-refractivity contribution < 1.29 is 9.90 Å². The normalized spacial score (nSPS) is 27.3. The predicted molar refractivity (Wildman–Crippen MR) is 90.6 cm³/mol. The van der Waals surface area contributed by atoms with Crippen molar-refractivity contribution in [2.75, 3.05) is 31.1 Å². The number of hydrogen-bond acceptors (Lipinski definition) is 4. The smallest absolute Gasteiger partial charge is 0.254 e. The highest BCUT2D eigenvalue weighted by Gasteiger charge is 2.44. The molecule has 1 N–H and O–H groups in total. The summed E-state index contributed by atoms with van der Waals surface area (Å²) in [6, 6.07) is 3.70. The molecule has 3 heterocycles. The summed E-state index contributed by atoms with van der Waals surface area (Å²) in [5.41, 5.74) is -0.180. The number of rotatable bonds is 2. The minimum absolute atomic E-state index is 0.106. The molecule has 5 nitrogen and oxygen atoms in total. The van der Waals surface area contributed by atoms with Crippen LogP contribution in [-0.4, -0.2) is 52.7 Å². The van der Waals surface area contributed by atoms with Crippen molar-refractivity contribution in [3.63, 3.8) is 0 Å². The summed E-state index contributed by atoms with van der Waals surface area (Å²) in [5, 5.41) is 10.5. The first kappa shape index (κ1) is 16.2. The van der Waals surface area contributed by atoms with Gasteiger partial charge >= 0.3 is 0 Å². The van der Waals surface area contributed by atoms with Crippen molar-refractivity contribution >= 4 is 11.7 Å². The van der Waals surface area contributed by atoms with Gasteiger partial charge in [-0.2, -0.15) is 0 Å². The molecule has 0 aliphatic carbocycles. The van der Waals surface area contributed by atoms with Gasteiger partial charge in [-0.3, -0.25) is 4.79 Å². The second-order valence-corrected chi connectivity index (χ2v) is 7.73. The summed E-state index contributed by atoms with van der Waals surface area (Å²) >= 11 is 0. The lowest BCUT2D eigenvalue weighted by Crippen LogP contribution is -2.56. The lowest BCUT2D eigenvalue weighted by atomic mass is 9.71. The first-order valence-corrected chi connectivity index (χ1v) is 8.53. The second-order valence-electron chi connectivity index (χ2n) is 7.73. The lowest BCUT2D eigenvalue weighted by molar-refractivity contribution is -0.0650. The third kappa shape index (κ3) is 3.07. The van der Waals surface area contributed by atoms with Gasteiger partial charge in [0, 0.05) is 43.4 Å². The van der Waals surface area contributed by atoms with Gasteiger partial charge < -0.3 is 14.9 Å². The van der Waals surface area contributed by atoms with Gasteiger partial charge in [-0.15, -0.1) is 0 Å². The molecule has 3 rings (SSSR count). The molecular weight excluding hydrogens is 290 g/mol. The van der Waals surface area contributed by atoms with Crippen LogP contribution in [0.25, 0.3) is 0 Å². The molecule has 126 valence electrons. The summed E-state index contributed by atoms with van der Waals surface area (Å²) in [4.78, 5) is 21.1. The van der Waals surface area contributed by atoms with Crippen LogP contribution in [0.4, 0.5) is 5.82 Å². The number of anilines is 1. The van der Waals surface area contributed by atoms with Crippen LogP contribution >= 0.6 is 0 Å². The number of amides is 1. The third-order valence-corrected chi connectivity index (χ3v) is 5.62. The maximum absolute atomic E-state index is 12.6.